The van der Waals surface area contributed by atoms with Crippen LogP contribution in [0.25, 0.3) is 0 Å². The summed E-state index contributed by atoms with van der Waals surface area (Å²) in [5.41, 5.74) is 1.51. The molecule has 170 valence electrons. The largest absolute Gasteiger partial charge is 0.352 e. The summed E-state index contributed by atoms with van der Waals surface area (Å²) in [6.45, 7) is 5.30. The van der Waals surface area contributed by atoms with E-state index < -0.39 is 0 Å². The van der Waals surface area contributed by atoms with Gasteiger partial charge in [0.25, 0.3) is 5.91 Å². The fraction of sp³-hybridized carbons (Fsp3) is 0.652. The number of likely N-dealkylation sites (N-methyl/N-ethyl adjacent to an activating group) is 1. The Kier molecular flexibility index (Phi) is 8.75. The lowest BCUT2D eigenvalue weighted by atomic mass is 10.0. The number of thioether (sulfide) groups is 1. The monoisotopic (exact) mass is 446 g/mol. The highest BCUT2D eigenvalue weighted by molar-refractivity contribution is 8.00. The molecule has 3 atom stereocenters. The molecule has 3 heterocycles. The number of aromatic nitrogens is 1. The van der Waals surface area contributed by atoms with Crippen LogP contribution in [0.3, 0.4) is 0 Å². The quantitative estimate of drug-likeness (QED) is 0.380. The molecule has 2 fully saturated rings. The molecule has 3 unspecified atom stereocenters. The van der Waals surface area contributed by atoms with Gasteiger partial charge in [-0.05, 0) is 44.7 Å². The zero-order valence-corrected chi connectivity index (χ0v) is 19.4. The first-order valence-electron chi connectivity index (χ1n) is 11.5. The molecule has 2 N–H and O–H groups in total. The number of Topliss-reactive ketones (excluding diaryl/α,β-unsaturated/α-hetero) is 1. The number of nitrogens with zero attached hydrogens (tertiary/aromatic N) is 2. The second kappa shape index (κ2) is 11.5. The van der Waals surface area contributed by atoms with E-state index in [0.29, 0.717) is 42.7 Å². The highest BCUT2D eigenvalue weighted by atomic mass is 32.2. The van der Waals surface area contributed by atoms with Gasteiger partial charge in [-0.2, -0.15) is 11.8 Å². The van der Waals surface area contributed by atoms with Gasteiger partial charge in [-0.1, -0.05) is 13.3 Å². The zero-order chi connectivity index (χ0) is 22.2. The smallest absolute Gasteiger partial charge is 0.318 e. The number of aryl methyl sites for hydroxylation is 1. The number of unbranched alkanes of at least 4 members (excludes halogenated alkanes) is 1. The van der Waals surface area contributed by atoms with Gasteiger partial charge >= 0.3 is 6.03 Å². The lowest BCUT2D eigenvalue weighted by Crippen LogP contribution is -2.40. The van der Waals surface area contributed by atoms with E-state index in [4.69, 9.17) is 0 Å². The zero-order valence-electron chi connectivity index (χ0n) is 18.6. The van der Waals surface area contributed by atoms with Crippen LogP contribution < -0.4 is 10.6 Å². The highest BCUT2D eigenvalue weighted by Gasteiger charge is 2.47. The maximum atomic E-state index is 12.2. The number of hydrogen-bond acceptors (Lipinski definition) is 5. The molecule has 0 radical (unpaired) electrons. The van der Waals surface area contributed by atoms with Crippen molar-refractivity contribution in [2.45, 2.75) is 76.1 Å². The minimum atomic E-state index is -0.143. The first-order chi connectivity index (χ1) is 15.0. The van der Waals surface area contributed by atoms with Gasteiger partial charge < -0.3 is 15.5 Å². The van der Waals surface area contributed by atoms with Gasteiger partial charge in [-0.15, -0.1) is 0 Å². The molecule has 0 aliphatic carbocycles. The van der Waals surface area contributed by atoms with Crippen molar-refractivity contribution in [1.82, 2.24) is 20.5 Å². The van der Waals surface area contributed by atoms with Crippen LogP contribution in [-0.4, -0.2) is 63.8 Å². The van der Waals surface area contributed by atoms with Crippen LogP contribution in [0, 0.1) is 0 Å². The lowest BCUT2D eigenvalue weighted by molar-refractivity contribution is -0.119. The summed E-state index contributed by atoms with van der Waals surface area (Å²) in [5.74, 6) is 1.10. The number of carbonyl (C=O) groups excluding carboxylic acids is 3. The van der Waals surface area contributed by atoms with Crippen molar-refractivity contribution in [3.63, 3.8) is 0 Å². The molecule has 2 aliphatic rings. The van der Waals surface area contributed by atoms with E-state index in [1.807, 2.05) is 36.6 Å². The Labute approximate surface area is 189 Å². The van der Waals surface area contributed by atoms with Crippen LogP contribution in [0.5, 0.6) is 0 Å². The Balaban J connectivity index is 1.26. The topological polar surface area (TPSA) is 91.4 Å². The van der Waals surface area contributed by atoms with Crippen LogP contribution in [0.2, 0.25) is 0 Å². The van der Waals surface area contributed by atoms with Gasteiger partial charge in [0.1, 0.15) is 5.78 Å². The molecular formula is C23H34N4O3S. The Morgan fingerprint density at radius 3 is 2.74 bits per heavy atom. The number of urea groups is 1. The minimum absolute atomic E-state index is 0.0688. The van der Waals surface area contributed by atoms with Crippen LogP contribution >= 0.6 is 11.8 Å². The molecule has 1 aromatic rings. The van der Waals surface area contributed by atoms with Crippen molar-refractivity contribution >= 4 is 29.5 Å². The summed E-state index contributed by atoms with van der Waals surface area (Å²) in [6.07, 6.45) is 7.14. The summed E-state index contributed by atoms with van der Waals surface area (Å²) in [5, 5.41) is 6.41. The second-order valence-electron chi connectivity index (χ2n) is 8.24. The predicted octanol–water partition coefficient (Wildman–Crippen LogP) is 3.18. The molecule has 3 amide bonds. The minimum Gasteiger partial charge on any atom is -0.352 e. The van der Waals surface area contributed by atoms with Crippen molar-refractivity contribution in [1.29, 1.82) is 0 Å². The maximum absolute atomic E-state index is 12.2. The summed E-state index contributed by atoms with van der Waals surface area (Å²) in [6, 6.07) is 4.30. The SMILES string of the molecule is CCc1ccc(C(=O)NCCCC(=O)CCCCC2SCC3NC(=O)N(CC)C32)cn1. The standard InChI is InChI=1S/C23H34N4O3S/c1-3-17-12-11-16(14-25-17)22(29)24-13-7-9-18(28)8-5-6-10-20-21-19(15-31-20)26-23(30)27(21)4-2/h11-12,14,19-21H,3-10,13,15H2,1-2H3,(H,24,29)(H,26,30). The molecule has 0 bridgehead atoms. The molecule has 0 saturated carbocycles. The van der Waals surface area contributed by atoms with Gasteiger partial charge in [0, 0.05) is 48.8 Å². The van der Waals surface area contributed by atoms with E-state index in [1.54, 1.807) is 12.3 Å². The number of rotatable bonds is 12. The van der Waals surface area contributed by atoms with Crippen molar-refractivity contribution in [3.8, 4) is 0 Å². The average Bonchev–Trinajstić information content (AvgIpc) is 3.31. The highest BCUT2D eigenvalue weighted by Crippen LogP contribution is 2.37. The molecule has 2 aliphatic heterocycles. The van der Waals surface area contributed by atoms with Gasteiger partial charge in [-0.3, -0.25) is 14.6 Å². The van der Waals surface area contributed by atoms with E-state index in [1.165, 1.54) is 0 Å². The van der Waals surface area contributed by atoms with Crippen molar-refractivity contribution in [2.75, 3.05) is 18.8 Å². The van der Waals surface area contributed by atoms with Gasteiger partial charge in [0.05, 0.1) is 17.6 Å². The van der Waals surface area contributed by atoms with E-state index in [2.05, 4.69) is 15.6 Å². The molecule has 1 aromatic heterocycles. The van der Waals surface area contributed by atoms with E-state index in [0.717, 1.165) is 43.7 Å². The summed E-state index contributed by atoms with van der Waals surface area (Å²) in [4.78, 5) is 42.4. The Hall–Kier alpha value is -2.09. The third kappa shape index (κ3) is 6.21. The van der Waals surface area contributed by atoms with Crippen LogP contribution in [-0.2, 0) is 11.2 Å². The predicted molar refractivity (Wildman–Crippen MR) is 123 cm³/mol. The van der Waals surface area contributed by atoms with Crippen LogP contribution in [0.15, 0.2) is 18.3 Å². The summed E-state index contributed by atoms with van der Waals surface area (Å²) in [7, 11) is 0. The second-order valence-corrected chi connectivity index (χ2v) is 9.51. The van der Waals surface area contributed by atoms with Crippen molar-refractivity contribution < 1.29 is 14.4 Å². The normalized spacial score (nSPS) is 22.3. The number of ketones is 1. The fourth-order valence-corrected chi connectivity index (χ4v) is 5.97. The first-order valence-corrected chi connectivity index (χ1v) is 12.5. The number of carbonyl (C=O) groups is 3. The number of nitrogens with one attached hydrogen (secondary N) is 2. The lowest BCUT2D eigenvalue weighted by Gasteiger charge is -2.26. The van der Waals surface area contributed by atoms with Crippen molar-refractivity contribution in [3.05, 3.63) is 29.6 Å². The molecule has 31 heavy (non-hydrogen) atoms. The maximum Gasteiger partial charge on any atom is 0.318 e. The number of fused-ring (bicyclic) bond motifs is 1. The number of hydrogen-bond donors (Lipinski definition) is 2. The Morgan fingerprint density at radius 1 is 1.23 bits per heavy atom. The molecular weight excluding hydrogens is 412 g/mol. The van der Waals surface area contributed by atoms with Crippen LogP contribution in [0.4, 0.5) is 4.79 Å². The third-order valence-electron chi connectivity index (χ3n) is 6.11. The van der Waals surface area contributed by atoms with Gasteiger partial charge in [0.15, 0.2) is 0 Å². The molecule has 7 nitrogen and oxygen atoms in total. The molecule has 0 aromatic carbocycles. The Morgan fingerprint density at radius 2 is 2.03 bits per heavy atom. The third-order valence-corrected chi connectivity index (χ3v) is 7.61. The molecule has 3 rings (SSSR count). The summed E-state index contributed by atoms with van der Waals surface area (Å²) >= 11 is 1.95. The number of amides is 3. The van der Waals surface area contributed by atoms with Gasteiger partial charge in [0.2, 0.25) is 0 Å². The van der Waals surface area contributed by atoms with Gasteiger partial charge in [-0.25, -0.2) is 4.79 Å². The molecule has 2 saturated heterocycles. The molecule has 0 spiro atoms. The van der Waals surface area contributed by atoms with Crippen molar-refractivity contribution in [2.24, 2.45) is 0 Å². The number of pyridine rings is 1. The summed E-state index contributed by atoms with van der Waals surface area (Å²) < 4.78 is 0. The van der Waals surface area contributed by atoms with E-state index in [9.17, 15) is 14.4 Å². The molecule has 8 heteroatoms. The van der Waals surface area contributed by atoms with Crippen LogP contribution in [0.1, 0.15) is 68.4 Å². The van der Waals surface area contributed by atoms with E-state index >= 15 is 0 Å². The fourth-order valence-electron chi connectivity index (χ4n) is 4.36. The Bertz CT molecular complexity index is 771. The first kappa shape index (κ1) is 23.6. The van der Waals surface area contributed by atoms with E-state index in [-0.39, 0.29) is 23.8 Å². The average molecular weight is 447 g/mol.